The van der Waals surface area contributed by atoms with E-state index in [4.69, 9.17) is 9.15 Å². The van der Waals surface area contributed by atoms with Crippen LogP contribution >= 0.6 is 0 Å². The predicted octanol–water partition coefficient (Wildman–Crippen LogP) is 3.81. The average Bonchev–Trinajstić information content (AvgIpc) is 3.00. The zero-order valence-corrected chi connectivity index (χ0v) is 11.9. The molecule has 5 heteroatoms. The second-order valence-corrected chi connectivity index (χ2v) is 4.53. The smallest absolute Gasteiger partial charge is 0.239 e. The SMILES string of the molecule is COc1ccc(N/C=C(/C#N)c2nc3ccccc3o2)cc1. The van der Waals surface area contributed by atoms with Crippen molar-refractivity contribution in [3.8, 4) is 11.8 Å². The molecule has 108 valence electrons. The maximum Gasteiger partial charge on any atom is 0.239 e. The first-order chi connectivity index (χ1) is 10.8. The Balaban J connectivity index is 1.84. The van der Waals surface area contributed by atoms with Crippen LogP contribution in [-0.4, -0.2) is 12.1 Å². The van der Waals surface area contributed by atoms with Gasteiger partial charge in [0.25, 0.3) is 0 Å². The Morgan fingerprint density at radius 2 is 2.00 bits per heavy atom. The molecule has 0 aliphatic heterocycles. The summed E-state index contributed by atoms with van der Waals surface area (Å²) >= 11 is 0. The van der Waals surface area contributed by atoms with Crippen LogP contribution in [0.1, 0.15) is 5.89 Å². The van der Waals surface area contributed by atoms with Gasteiger partial charge < -0.3 is 14.5 Å². The molecule has 0 atom stereocenters. The molecular formula is C17H13N3O2. The first-order valence-electron chi connectivity index (χ1n) is 6.67. The van der Waals surface area contributed by atoms with E-state index in [1.807, 2.05) is 48.5 Å². The Kier molecular flexibility index (Phi) is 3.75. The highest BCUT2D eigenvalue weighted by Gasteiger charge is 2.10. The van der Waals surface area contributed by atoms with Crippen LogP contribution in [0.5, 0.6) is 5.75 Å². The number of fused-ring (bicyclic) bond motifs is 1. The summed E-state index contributed by atoms with van der Waals surface area (Å²) in [5.74, 6) is 1.07. The zero-order valence-electron chi connectivity index (χ0n) is 11.9. The van der Waals surface area contributed by atoms with E-state index in [-0.39, 0.29) is 0 Å². The van der Waals surface area contributed by atoms with Gasteiger partial charge in [0.2, 0.25) is 5.89 Å². The van der Waals surface area contributed by atoms with E-state index in [0.717, 1.165) is 17.0 Å². The fraction of sp³-hybridized carbons (Fsp3) is 0.0588. The maximum absolute atomic E-state index is 9.29. The molecule has 0 aliphatic carbocycles. The number of ether oxygens (including phenoxy) is 1. The Morgan fingerprint density at radius 1 is 1.23 bits per heavy atom. The van der Waals surface area contributed by atoms with Crippen molar-refractivity contribution < 1.29 is 9.15 Å². The Hall–Kier alpha value is -3.26. The minimum absolute atomic E-state index is 0.296. The summed E-state index contributed by atoms with van der Waals surface area (Å²) in [6.07, 6.45) is 1.58. The van der Waals surface area contributed by atoms with E-state index in [1.165, 1.54) is 0 Å². The van der Waals surface area contributed by atoms with Gasteiger partial charge in [-0.15, -0.1) is 0 Å². The quantitative estimate of drug-likeness (QED) is 0.740. The predicted molar refractivity (Wildman–Crippen MR) is 84.2 cm³/mol. The van der Waals surface area contributed by atoms with E-state index in [2.05, 4.69) is 16.4 Å². The lowest BCUT2D eigenvalue weighted by atomic mass is 10.3. The summed E-state index contributed by atoms with van der Waals surface area (Å²) in [7, 11) is 1.61. The molecule has 22 heavy (non-hydrogen) atoms. The lowest BCUT2D eigenvalue weighted by molar-refractivity contribution is 0.415. The molecule has 1 heterocycles. The van der Waals surface area contributed by atoms with Crippen molar-refractivity contribution in [1.29, 1.82) is 5.26 Å². The van der Waals surface area contributed by atoms with Crippen molar-refractivity contribution in [3.05, 3.63) is 60.6 Å². The number of anilines is 1. The second kappa shape index (κ2) is 6.02. The van der Waals surface area contributed by atoms with Crippen molar-refractivity contribution in [2.24, 2.45) is 0 Å². The molecule has 0 saturated carbocycles. The molecule has 0 amide bonds. The lowest BCUT2D eigenvalue weighted by Gasteiger charge is -2.03. The van der Waals surface area contributed by atoms with Gasteiger partial charge in [-0.1, -0.05) is 12.1 Å². The normalized spacial score (nSPS) is 11.2. The summed E-state index contributed by atoms with van der Waals surface area (Å²) in [6, 6.07) is 16.9. The van der Waals surface area contributed by atoms with Crippen LogP contribution in [0.3, 0.4) is 0 Å². The highest BCUT2D eigenvalue weighted by atomic mass is 16.5. The van der Waals surface area contributed by atoms with Crippen LogP contribution in [0.2, 0.25) is 0 Å². The van der Waals surface area contributed by atoms with E-state index in [9.17, 15) is 5.26 Å². The van der Waals surface area contributed by atoms with Gasteiger partial charge in [0, 0.05) is 11.9 Å². The topological polar surface area (TPSA) is 71.1 Å². The van der Waals surface area contributed by atoms with Gasteiger partial charge in [0.15, 0.2) is 5.58 Å². The molecular weight excluding hydrogens is 278 g/mol. The molecule has 1 aromatic heterocycles. The summed E-state index contributed by atoms with van der Waals surface area (Å²) < 4.78 is 10.7. The minimum Gasteiger partial charge on any atom is -0.497 e. The van der Waals surface area contributed by atoms with Crippen LogP contribution in [0.15, 0.2) is 59.1 Å². The molecule has 0 fully saturated rings. The van der Waals surface area contributed by atoms with Crippen molar-refractivity contribution in [3.63, 3.8) is 0 Å². The van der Waals surface area contributed by atoms with Crippen LogP contribution in [0.4, 0.5) is 5.69 Å². The molecule has 2 aromatic carbocycles. The van der Waals surface area contributed by atoms with Crippen LogP contribution in [0, 0.1) is 11.3 Å². The van der Waals surface area contributed by atoms with E-state index < -0.39 is 0 Å². The third kappa shape index (κ3) is 2.76. The summed E-state index contributed by atoms with van der Waals surface area (Å²) in [6.45, 7) is 0. The van der Waals surface area contributed by atoms with E-state index >= 15 is 0 Å². The number of nitriles is 1. The van der Waals surface area contributed by atoms with Crippen molar-refractivity contribution in [2.75, 3.05) is 12.4 Å². The van der Waals surface area contributed by atoms with Crippen molar-refractivity contribution >= 4 is 22.4 Å². The van der Waals surface area contributed by atoms with Crippen LogP contribution in [0.25, 0.3) is 16.7 Å². The largest absolute Gasteiger partial charge is 0.497 e. The fourth-order valence-electron chi connectivity index (χ4n) is 1.97. The number of methoxy groups -OCH3 is 1. The van der Waals surface area contributed by atoms with Gasteiger partial charge >= 0.3 is 0 Å². The molecule has 0 unspecified atom stereocenters. The number of oxazole rings is 1. The van der Waals surface area contributed by atoms with Crippen molar-refractivity contribution in [1.82, 2.24) is 4.98 Å². The highest BCUT2D eigenvalue weighted by Crippen LogP contribution is 2.21. The van der Waals surface area contributed by atoms with E-state index in [1.54, 1.807) is 13.3 Å². The number of para-hydroxylation sites is 2. The molecule has 5 nitrogen and oxygen atoms in total. The first-order valence-corrected chi connectivity index (χ1v) is 6.67. The van der Waals surface area contributed by atoms with Gasteiger partial charge in [-0.3, -0.25) is 0 Å². The molecule has 0 saturated heterocycles. The van der Waals surface area contributed by atoms with Gasteiger partial charge in [-0.2, -0.15) is 5.26 Å². The number of hydrogen-bond acceptors (Lipinski definition) is 5. The standard InChI is InChI=1S/C17H13N3O2/c1-21-14-8-6-13(7-9-14)19-11-12(10-18)17-20-15-4-2-3-5-16(15)22-17/h2-9,11,19H,1H3/b12-11-. The summed E-state index contributed by atoms with van der Waals surface area (Å²) in [5, 5.41) is 12.3. The molecule has 0 spiro atoms. The lowest BCUT2D eigenvalue weighted by Crippen LogP contribution is -1.91. The molecule has 3 aromatic rings. The molecule has 0 radical (unpaired) electrons. The third-order valence-corrected chi connectivity index (χ3v) is 3.12. The van der Waals surface area contributed by atoms with Gasteiger partial charge in [0.1, 0.15) is 22.9 Å². The van der Waals surface area contributed by atoms with Gasteiger partial charge in [0.05, 0.1) is 7.11 Å². The highest BCUT2D eigenvalue weighted by molar-refractivity contribution is 5.80. The van der Waals surface area contributed by atoms with Gasteiger partial charge in [-0.25, -0.2) is 4.98 Å². The number of benzene rings is 2. The van der Waals surface area contributed by atoms with Crippen molar-refractivity contribution in [2.45, 2.75) is 0 Å². The third-order valence-electron chi connectivity index (χ3n) is 3.12. The molecule has 1 N–H and O–H groups in total. The number of rotatable bonds is 4. The van der Waals surface area contributed by atoms with Gasteiger partial charge in [-0.05, 0) is 36.4 Å². The minimum atomic E-state index is 0.296. The monoisotopic (exact) mass is 291 g/mol. The summed E-state index contributed by atoms with van der Waals surface area (Å²) in [4.78, 5) is 4.31. The number of aromatic nitrogens is 1. The number of nitrogens with one attached hydrogen (secondary N) is 1. The molecule has 0 bridgehead atoms. The Labute approximate surface area is 127 Å². The Morgan fingerprint density at radius 3 is 2.68 bits per heavy atom. The molecule has 3 rings (SSSR count). The summed E-state index contributed by atoms with van der Waals surface area (Å²) in [5.41, 5.74) is 2.54. The molecule has 0 aliphatic rings. The fourth-order valence-corrected chi connectivity index (χ4v) is 1.97. The average molecular weight is 291 g/mol. The first kappa shape index (κ1) is 13.7. The zero-order chi connectivity index (χ0) is 15.4. The van der Waals surface area contributed by atoms with Crippen LogP contribution < -0.4 is 10.1 Å². The second-order valence-electron chi connectivity index (χ2n) is 4.53. The van der Waals surface area contributed by atoms with Crippen LogP contribution in [-0.2, 0) is 0 Å². The maximum atomic E-state index is 9.29. The van der Waals surface area contributed by atoms with E-state index in [0.29, 0.717) is 17.0 Å². The number of allylic oxidation sites excluding steroid dienone is 1. The number of hydrogen-bond donors (Lipinski definition) is 1. The Bertz CT molecular complexity index is 824. The number of nitrogens with zero attached hydrogens (tertiary/aromatic N) is 2.